The average Bonchev–Trinajstić information content (AvgIpc) is 1.82. The fourth-order valence-corrected chi connectivity index (χ4v) is 1.82. The van der Waals surface area contributed by atoms with E-state index in [0.29, 0.717) is 12.0 Å². The van der Waals surface area contributed by atoms with E-state index in [9.17, 15) is 4.39 Å². The van der Waals surface area contributed by atoms with Crippen molar-refractivity contribution in [2.45, 2.75) is 51.8 Å². The lowest BCUT2D eigenvalue weighted by atomic mass is 9.72. The summed E-state index contributed by atoms with van der Waals surface area (Å²) >= 11 is 0. The van der Waals surface area contributed by atoms with Crippen molar-refractivity contribution in [1.29, 1.82) is 0 Å². The highest BCUT2D eigenvalue weighted by Gasteiger charge is 2.39. The Bertz CT molecular complexity index is 135. The zero-order chi connectivity index (χ0) is 9.19. The Hall–Kier alpha value is -0.110. The normalized spacial score (nSPS) is 35.2. The molecule has 0 saturated heterocycles. The average molecular weight is 174 g/mol. The van der Waals surface area contributed by atoms with E-state index in [0.717, 1.165) is 25.9 Å². The third kappa shape index (κ3) is 3.10. The Kier molecular flexibility index (Phi) is 3.10. The topological polar surface area (TPSA) is 9.23 Å². The van der Waals surface area contributed by atoms with E-state index < -0.39 is 5.67 Å². The Morgan fingerprint density at radius 1 is 1.50 bits per heavy atom. The van der Waals surface area contributed by atoms with Gasteiger partial charge >= 0.3 is 0 Å². The highest BCUT2D eigenvalue weighted by molar-refractivity contribution is 4.90. The molecule has 0 aromatic rings. The fourth-order valence-electron chi connectivity index (χ4n) is 1.82. The van der Waals surface area contributed by atoms with Crippen molar-refractivity contribution in [2.75, 3.05) is 6.61 Å². The number of hydrogen-bond donors (Lipinski definition) is 0. The molecule has 1 aliphatic rings. The molecule has 0 amide bonds. The summed E-state index contributed by atoms with van der Waals surface area (Å²) in [4.78, 5) is 0. The van der Waals surface area contributed by atoms with Crippen LogP contribution in [0.3, 0.4) is 0 Å². The fraction of sp³-hybridized carbons (Fsp3) is 1.00. The highest BCUT2D eigenvalue weighted by Crippen LogP contribution is 2.42. The molecule has 12 heavy (non-hydrogen) atoms. The zero-order valence-electron chi connectivity index (χ0n) is 8.27. The van der Waals surface area contributed by atoms with Crippen LogP contribution in [0.15, 0.2) is 0 Å². The Balaban J connectivity index is 1.97. The van der Waals surface area contributed by atoms with Gasteiger partial charge in [-0.1, -0.05) is 0 Å². The van der Waals surface area contributed by atoms with Gasteiger partial charge in [0.25, 0.3) is 0 Å². The number of ether oxygens (including phenoxy) is 1. The summed E-state index contributed by atoms with van der Waals surface area (Å²) in [7, 11) is 0. The molecule has 1 nitrogen and oxygen atoms in total. The third-order valence-electron chi connectivity index (χ3n) is 2.41. The minimum absolute atomic E-state index is 0.307. The van der Waals surface area contributed by atoms with Crippen molar-refractivity contribution >= 4 is 0 Å². The maximum absolute atomic E-state index is 13.0. The second-order valence-electron chi connectivity index (χ2n) is 4.40. The van der Waals surface area contributed by atoms with Crippen LogP contribution >= 0.6 is 0 Å². The lowest BCUT2D eigenvalue weighted by Crippen LogP contribution is -2.37. The molecular weight excluding hydrogens is 155 g/mol. The molecule has 0 bridgehead atoms. The van der Waals surface area contributed by atoms with E-state index in [-0.39, 0.29) is 0 Å². The minimum Gasteiger partial charge on any atom is -0.379 e. The predicted octanol–water partition coefficient (Wildman–Crippen LogP) is 2.94. The summed E-state index contributed by atoms with van der Waals surface area (Å²) in [5, 5.41) is 0. The molecular formula is C10H19FO. The number of alkyl halides is 1. The molecule has 0 aliphatic heterocycles. The molecule has 72 valence electrons. The van der Waals surface area contributed by atoms with Crippen LogP contribution in [0, 0.1) is 5.92 Å². The molecule has 0 N–H and O–H groups in total. The third-order valence-corrected chi connectivity index (χ3v) is 2.41. The quantitative estimate of drug-likeness (QED) is 0.636. The van der Waals surface area contributed by atoms with Crippen molar-refractivity contribution in [3.63, 3.8) is 0 Å². The smallest absolute Gasteiger partial charge is 0.108 e. The molecule has 1 aliphatic carbocycles. The van der Waals surface area contributed by atoms with Crippen LogP contribution < -0.4 is 0 Å². The first-order chi connectivity index (χ1) is 5.49. The number of hydrogen-bond acceptors (Lipinski definition) is 1. The molecule has 0 heterocycles. The van der Waals surface area contributed by atoms with Gasteiger partial charge in [0.1, 0.15) is 5.67 Å². The van der Waals surface area contributed by atoms with E-state index in [1.165, 1.54) is 0 Å². The molecule has 1 rings (SSSR count). The van der Waals surface area contributed by atoms with E-state index >= 15 is 0 Å². The lowest BCUT2D eigenvalue weighted by molar-refractivity contribution is -0.00416. The van der Waals surface area contributed by atoms with Crippen molar-refractivity contribution in [3.8, 4) is 0 Å². The summed E-state index contributed by atoms with van der Waals surface area (Å²) in [5.41, 5.74) is -0.873. The van der Waals surface area contributed by atoms with Gasteiger partial charge in [0, 0.05) is 6.61 Å². The van der Waals surface area contributed by atoms with Crippen molar-refractivity contribution in [3.05, 3.63) is 0 Å². The maximum atomic E-state index is 13.0. The number of rotatable bonds is 4. The van der Waals surface area contributed by atoms with Crippen LogP contribution in [0.4, 0.5) is 4.39 Å². The van der Waals surface area contributed by atoms with Gasteiger partial charge in [-0.05, 0) is 46.0 Å². The number of halogens is 1. The first-order valence-corrected chi connectivity index (χ1v) is 4.80. The second-order valence-corrected chi connectivity index (χ2v) is 4.40. The Morgan fingerprint density at radius 2 is 2.08 bits per heavy atom. The minimum atomic E-state index is -0.873. The molecule has 1 saturated carbocycles. The summed E-state index contributed by atoms with van der Waals surface area (Å²) in [5.74, 6) is 0.568. The Labute approximate surface area is 74.3 Å². The molecule has 2 heteroatoms. The first-order valence-electron chi connectivity index (χ1n) is 4.80. The summed E-state index contributed by atoms with van der Waals surface area (Å²) in [6, 6.07) is 0. The van der Waals surface area contributed by atoms with Crippen molar-refractivity contribution in [1.82, 2.24) is 0 Å². The van der Waals surface area contributed by atoms with Crippen LogP contribution in [-0.2, 0) is 4.74 Å². The predicted molar refractivity (Wildman–Crippen MR) is 47.9 cm³/mol. The van der Waals surface area contributed by atoms with Crippen LogP contribution in [0.1, 0.15) is 40.0 Å². The highest BCUT2D eigenvalue weighted by atomic mass is 19.1. The lowest BCUT2D eigenvalue weighted by Gasteiger charge is -2.38. The molecule has 0 aromatic heterocycles. The molecule has 0 atom stereocenters. The molecule has 0 radical (unpaired) electrons. The maximum Gasteiger partial charge on any atom is 0.108 e. The van der Waals surface area contributed by atoms with Gasteiger partial charge in [0.15, 0.2) is 0 Å². The second kappa shape index (κ2) is 3.73. The summed E-state index contributed by atoms with van der Waals surface area (Å²) in [6.07, 6.45) is 2.79. The van der Waals surface area contributed by atoms with Gasteiger partial charge in [0.05, 0.1) is 6.10 Å². The standard InChI is InChI=1S/C10H19FO/c1-8(2)12-5-4-9-6-10(3,11)7-9/h8-9H,4-7H2,1-3H3. The monoisotopic (exact) mass is 174 g/mol. The van der Waals surface area contributed by atoms with Gasteiger partial charge in [-0.3, -0.25) is 0 Å². The van der Waals surface area contributed by atoms with E-state index in [4.69, 9.17) is 4.74 Å². The van der Waals surface area contributed by atoms with E-state index in [2.05, 4.69) is 0 Å². The van der Waals surface area contributed by atoms with Gasteiger partial charge in [-0.2, -0.15) is 0 Å². The van der Waals surface area contributed by atoms with Gasteiger partial charge in [-0.25, -0.2) is 4.39 Å². The van der Waals surface area contributed by atoms with Crippen LogP contribution in [0.2, 0.25) is 0 Å². The van der Waals surface area contributed by atoms with Gasteiger partial charge < -0.3 is 4.74 Å². The summed E-state index contributed by atoms with van der Waals surface area (Å²) < 4.78 is 18.4. The van der Waals surface area contributed by atoms with E-state index in [1.54, 1.807) is 6.92 Å². The van der Waals surface area contributed by atoms with Crippen LogP contribution in [0.5, 0.6) is 0 Å². The van der Waals surface area contributed by atoms with Crippen molar-refractivity contribution in [2.24, 2.45) is 5.92 Å². The van der Waals surface area contributed by atoms with Crippen molar-refractivity contribution < 1.29 is 9.13 Å². The SMILES string of the molecule is CC(C)OCCC1CC(C)(F)C1. The first kappa shape index (κ1) is 9.97. The van der Waals surface area contributed by atoms with Crippen LogP contribution in [0.25, 0.3) is 0 Å². The molecule has 0 aromatic carbocycles. The molecule has 1 fully saturated rings. The Morgan fingerprint density at radius 3 is 2.50 bits per heavy atom. The zero-order valence-corrected chi connectivity index (χ0v) is 8.27. The largest absolute Gasteiger partial charge is 0.379 e. The van der Waals surface area contributed by atoms with Gasteiger partial charge in [-0.15, -0.1) is 0 Å². The van der Waals surface area contributed by atoms with Gasteiger partial charge in [0.2, 0.25) is 0 Å². The van der Waals surface area contributed by atoms with E-state index in [1.807, 2.05) is 13.8 Å². The molecule has 0 unspecified atom stereocenters. The summed E-state index contributed by atoms with van der Waals surface area (Å²) in [6.45, 7) is 6.53. The van der Waals surface area contributed by atoms with Crippen LogP contribution in [-0.4, -0.2) is 18.4 Å². The molecule has 0 spiro atoms.